The molecule has 1 N–H and O–H groups in total. The number of hydrogen-bond donors (Lipinski definition) is 1. The minimum Gasteiger partial charge on any atom is -0.325 e. The topological polar surface area (TPSA) is 69.7 Å². The van der Waals surface area contributed by atoms with E-state index in [2.05, 4.69) is 5.32 Å². The Morgan fingerprint density at radius 2 is 1.57 bits per heavy atom. The molecule has 1 fully saturated rings. The highest BCUT2D eigenvalue weighted by molar-refractivity contribution is 7.89. The van der Waals surface area contributed by atoms with Gasteiger partial charge in [-0.1, -0.05) is 41.9 Å². The second-order valence-corrected chi connectivity index (χ2v) is 9.62. The van der Waals surface area contributed by atoms with Gasteiger partial charge in [-0.25, -0.2) is 8.42 Å². The number of rotatable bonds is 5. The standard InChI is InChI=1S/C22H22ClN3O3S/c23-19-6-9-21(10-7-19)30(28,29)26-13-11-25(12-14-26)16-22(27)24-20-8-5-17-3-1-2-4-18(17)15-20/h1-10,15H,11-14,16H2,(H,24,27). The Hall–Kier alpha value is -2.45. The number of hydrogen-bond acceptors (Lipinski definition) is 4. The fourth-order valence-corrected chi connectivity index (χ4v) is 5.10. The Morgan fingerprint density at radius 1 is 0.900 bits per heavy atom. The molecule has 6 nitrogen and oxygen atoms in total. The lowest BCUT2D eigenvalue weighted by molar-refractivity contribution is -0.117. The van der Waals surface area contributed by atoms with Crippen molar-refractivity contribution >= 4 is 44.0 Å². The Bertz CT molecular complexity index is 1160. The second kappa shape index (κ2) is 8.73. The average Bonchev–Trinajstić information content (AvgIpc) is 2.74. The summed E-state index contributed by atoms with van der Waals surface area (Å²) in [5.41, 5.74) is 0.752. The smallest absolute Gasteiger partial charge is 0.243 e. The van der Waals surface area contributed by atoms with Crippen LogP contribution in [0, 0.1) is 0 Å². The van der Waals surface area contributed by atoms with Crippen LogP contribution in [-0.4, -0.2) is 56.3 Å². The summed E-state index contributed by atoms with van der Waals surface area (Å²) in [4.78, 5) is 14.6. The van der Waals surface area contributed by atoms with Gasteiger partial charge in [0, 0.05) is 36.9 Å². The van der Waals surface area contributed by atoms with Gasteiger partial charge in [-0.3, -0.25) is 9.69 Å². The monoisotopic (exact) mass is 443 g/mol. The minimum atomic E-state index is -3.55. The van der Waals surface area contributed by atoms with Crippen LogP contribution in [0.2, 0.25) is 5.02 Å². The molecule has 0 spiro atoms. The highest BCUT2D eigenvalue weighted by Gasteiger charge is 2.29. The minimum absolute atomic E-state index is 0.112. The zero-order valence-corrected chi connectivity index (χ0v) is 17.9. The number of amides is 1. The Kier molecular flexibility index (Phi) is 6.06. The van der Waals surface area contributed by atoms with E-state index in [0.29, 0.717) is 31.2 Å². The molecule has 4 rings (SSSR count). The van der Waals surface area contributed by atoms with Gasteiger partial charge < -0.3 is 5.32 Å². The zero-order chi connectivity index (χ0) is 21.1. The average molecular weight is 444 g/mol. The van der Waals surface area contributed by atoms with Gasteiger partial charge in [0.25, 0.3) is 0 Å². The maximum atomic E-state index is 12.8. The van der Waals surface area contributed by atoms with Crippen LogP contribution < -0.4 is 5.32 Å². The van der Waals surface area contributed by atoms with E-state index in [4.69, 9.17) is 11.6 Å². The number of halogens is 1. The molecule has 0 saturated carbocycles. The molecule has 1 aliphatic rings. The Morgan fingerprint density at radius 3 is 2.27 bits per heavy atom. The predicted octanol–water partition coefficient (Wildman–Crippen LogP) is 3.44. The molecule has 0 unspecified atom stereocenters. The summed E-state index contributed by atoms with van der Waals surface area (Å²) >= 11 is 5.85. The number of sulfonamides is 1. The molecule has 3 aromatic carbocycles. The molecule has 1 heterocycles. The van der Waals surface area contributed by atoms with Crippen molar-refractivity contribution in [3.05, 3.63) is 71.8 Å². The zero-order valence-electron chi connectivity index (χ0n) is 16.3. The van der Waals surface area contributed by atoms with Crippen LogP contribution in [0.25, 0.3) is 10.8 Å². The Labute approximate surface area is 181 Å². The van der Waals surface area contributed by atoms with E-state index in [-0.39, 0.29) is 17.3 Å². The van der Waals surface area contributed by atoms with E-state index >= 15 is 0 Å². The summed E-state index contributed by atoms with van der Waals surface area (Å²) in [5.74, 6) is -0.112. The molecule has 156 valence electrons. The van der Waals surface area contributed by atoms with Crippen LogP contribution in [0.3, 0.4) is 0 Å². The molecule has 1 saturated heterocycles. The van der Waals surface area contributed by atoms with Gasteiger partial charge in [0.15, 0.2) is 0 Å². The van der Waals surface area contributed by atoms with Crippen LogP contribution in [-0.2, 0) is 14.8 Å². The van der Waals surface area contributed by atoms with Crippen LogP contribution in [0.5, 0.6) is 0 Å². The third-order valence-electron chi connectivity index (χ3n) is 5.18. The number of nitrogens with one attached hydrogen (secondary N) is 1. The van der Waals surface area contributed by atoms with Gasteiger partial charge in [-0.2, -0.15) is 4.31 Å². The van der Waals surface area contributed by atoms with E-state index in [1.165, 1.54) is 16.4 Å². The summed E-state index contributed by atoms with van der Waals surface area (Å²) in [5, 5.41) is 5.61. The summed E-state index contributed by atoms with van der Waals surface area (Å²) in [6.07, 6.45) is 0. The van der Waals surface area contributed by atoms with Crippen LogP contribution in [0.15, 0.2) is 71.6 Å². The number of piperazine rings is 1. The number of carbonyl (C=O) groups excluding carboxylic acids is 1. The molecule has 1 aliphatic heterocycles. The first-order valence-electron chi connectivity index (χ1n) is 9.68. The van der Waals surface area contributed by atoms with Crippen molar-refractivity contribution in [2.24, 2.45) is 0 Å². The summed E-state index contributed by atoms with van der Waals surface area (Å²) in [6, 6.07) is 20.0. The molecule has 3 aromatic rings. The fourth-order valence-electron chi connectivity index (χ4n) is 3.55. The van der Waals surface area contributed by atoms with E-state index in [9.17, 15) is 13.2 Å². The highest BCUT2D eigenvalue weighted by atomic mass is 35.5. The fraction of sp³-hybridized carbons (Fsp3) is 0.227. The SMILES string of the molecule is O=C(CN1CCN(S(=O)(=O)c2ccc(Cl)cc2)CC1)Nc1ccc2ccccc2c1. The highest BCUT2D eigenvalue weighted by Crippen LogP contribution is 2.21. The Balaban J connectivity index is 1.32. The molecule has 8 heteroatoms. The molecular formula is C22H22ClN3O3S. The number of anilines is 1. The van der Waals surface area contributed by atoms with Crippen molar-refractivity contribution in [3.8, 4) is 0 Å². The van der Waals surface area contributed by atoms with Gasteiger partial charge in [0.05, 0.1) is 11.4 Å². The van der Waals surface area contributed by atoms with E-state index < -0.39 is 10.0 Å². The summed E-state index contributed by atoms with van der Waals surface area (Å²) in [7, 11) is -3.55. The predicted molar refractivity (Wildman–Crippen MR) is 119 cm³/mol. The molecule has 1 amide bonds. The first-order chi connectivity index (χ1) is 14.4. The molecule has 30 heavy (non-hydrogen) atoms. The van der Waals surface area contributed by atoms with Crippen molar-refractivity contribution in [2.45, 2.75) is 4.90 Å². The molecule has 0 aliphatic carbocycles. The van der Waals surface area contributed by atoms with Crippen molar-refractivity contribution in [1.29, 1.82) is 0 Å². The normalized spacial score (nSPS) is 15.9. The van der Waals surface area contributed by atoms with Crippen molar-refractivity contribution in [3.63, 3.8) is 0 Å². The van der Waals surface area contributed by atoms with Crippen molar-refractivity contribution in [1.82, 2.24) is 9.21 Å². The quantitative estimate of drug-likeness (QED) is 0.655. The maximum absolute atomic E-state index is 12.8. The van der Waals surface area contributed by atoms with Crippen LogP contribution in [0.4, 0.5) is 5.69 Å². The number of fused-ring (bicyclic) bond motifs is 1. The third kappa shape index (κ3) is 4.65. The van der Waals surface area contributed by atoms with E-state index in [1.54, 1.807) is 12.1 Å². The third-order valence-corrected chi connectivity index (χ3v) is 7.35. The van der Waals surface area contributed by atoms with Gasteiger partial charge in [0.2, 0.25) is 15.9 Å². The number of carbonyl (C=O) groups is 1. The van der Waals surface area contributed by atoms with Crippen LogP contribution >= 0.6 is 11.6 Å². The van der Waals surface area contributed by atoms with Gasteiger partial charge >= 0.3 is 0 Å². The summed E-state index contributed by atoms with van der Waals surface area (Å²) < 4.78 is 27.0. The molecule has 0 atom stereocenters. The lowest BCUT2D eigenvalue weighted by Gasteiger charge is -2.33. The van der Waals surface area contributed by atoms with E-state index in [0.717, 1.165) is 16.5 Å². The van der Waals surface area contributed by atoms with Crippen LogP contribution in [0.1, 0.15) is 0 Å². The molecular weight excluding hydrogens is 422 g/mol. The number of nitrogens with zero attached hydrogens (tertiary/aromatic N) is 2. The van der Waals surface area contributed by atoms with Gasteiger partial charge in [0.1, 0.15) is 0 Å². The lowest BCUT2D eigenvalue weighted by atomic mass is 10.1. The van der Waals surface area contributed by atoms with E-state index in [1.807, 2.05) is 47.4 Å². The molecule has 0 aromatic heterocycles. The first-order valence-corrected chi connectivity index (χ1v) is 11.5. The second-order valence-electron chi connectivity index (χ2n) is 7.24. The summed E-state index contributed by atoms with van der Waals surface area (Å²) in [6.45, 7) is 1.90. The van der Waals surface area contributed by atoms with Gasteiger partial charge in [-0.05, 0) is 47.2 Å². The first kappa shape index (κ1) is 20.8. The van der Waals surface area contributed by atoms with Gasteiger partial charge in [-0.15, -0.1) is 0 Å². The van der Waals surface area contributed by atoms with Crippen molar-refractivity contribution in [2.75, 3.05) is 38.0 Å². The largest absolute Gasteiger partial charge is 0.325 e. The number of benzene rings is 3. The maximum Gasteiger partial charge on any atom is 0.243 e. The molecule has 0 bridgehead atoms. The lowest BCUT2D eigenvalue weighted by Crippen LogP contribution is -2.50. The van der Waals surface area contributed by atoms with Crippen molar-refractivity contribution < 1.29 is 13.2 Å². The molecule has 0 radical (unpaired) electrons.